The Morgan fingerprint density at radius 3 is 1.17 bits per heavy atom. The summed E-state index contributed by atoms with van der Waals surface area (Å²) in [6.07, 6.45) is 31.3. The molecule has 1 saturated heterocycles. The lowest BCUT2D eigenvalue weighted by atomic mass is 10.1. The minimum atomic E-state index is -0.714. The van der Waals surface area contributed by atoms with Crippen LogP contribution in [0.5, 0.6) is 0 Å². The second-order valence-corrected chi connectivity index (χ2v) is 11.8. The Labute approximate surface area is 258 Å². The molecule has 250 valence electrons. The Hall–Kier alpha value is -1.67. The van der Waals surface area contributed by atoms with Crippen LogP contribution < -0.4 is 16.8 Å². The van der Waals surface area contributed by atoms with E-state index in [1.165, 1.54) is 96.3 Å². The number of carboxylic acid groups (broad SMARTS) is 2. The van der Waals surface area contributed by atoms with Gasteiger partial charge < -0.3 is 27.0 Å². The van der Waals surface area contributed by atoms with Crippen molar-refractivity contribution >= 4 is 17.8 Å². The van der Waals surface area contributed by atoms with Crippen molar-refractivity contribution in [1.29, 1.82) is 0 Å². The highest BCUT2D eigenvalue weighted by Crippen LogP contribution is 2.12. The van der Waals surface area contributed by atoms with Gasteiger partial charge in [-0.15, -0.1) is 0 Å². The smallest absolute Gasteiger partial charge is 0.303 e. The first kappa shape index (κ1) is 42.5. The number of hydrogen-bond acceptors (Lipinski definition) is 5. The van der Waals surface area contributed by atoms with Crippen LogP contribution in [0.3, 0.4) is 0 Å². The van der Waals surface area contributed by atoms with Gasteiger partial charge in [0.25, 0.3) is 0 Å². The summed E-state index contributed by atoms with van der Waals surface area (Å²) in [6.45, 7) is 2.60. The highest BCUT2D eigenvalue weighted by Gasteiger charge is 2.02. The summed E-state index contributed by atoms with van der Waals surface area (Å²) >= 11 is 0. The zero-order valence-corrected chi connectivity index (χ0v) is 27.2. The van der Waals surface area contributed by atoms with E-state index in [4.69, 9.17) is 21.7 Å². The van der Waals surface area contributed by atoms with Gasteiger partial charge in [-0.3, -0.25) is 14.4 Å². The van der Waals surface area contributed by atoms with E-state index in [-0.39, 0.29) is 18.7 Å². The largest absolute Gasteiger partial charge is 0.481 e. The first-order valence-electron chi connectivity index (χ1n) is 17.5. The van der Waals surface area contributed by atoms with Gasteiger partial charge in [0.2, 0.25) is 5.91 Å². The summed E-state index contributed by atoms with van der Waals surface area (Å²) in [5, 5.41) is 19.8. The van der Waals surface area contributed by atoms with E-state index >= 15 is 0 Å². The van der Waals surface area contributed by atoms with Crippen molar-refractivity contribution in [2.45, 2.75) is 180 Å². The average Bonchev–Trinajstić information content (AvgIpc) is 2.98. The summed E-state index contributed by atoms with van der Waals surface area (Å²) in [4.78, 5) is 31.7. The fourth-order valence-electron chi connectivity index (χ4n) is 4.93. The molecule has 0 saturated carbocycles. The molecule has 1 amide bonds. The second kappa shape index (κ2) is 37.4. The molecule has 0 spiro atoms. The monoisotopic (exact) mass is 600 g/mol. The molecule has 0 aliphatic carbocycles. The maximum Gasteiger partial charge on any atom is 0.303 e. The van der Waals surface area contributed by atoms with Crippen LogP contribution >= 0.6 is 0 Å². The third-order valence-corrected chi connectivity index (χ3v) is 7.59. The summed E-state index contributed by atoms with van der Waals surface area (Å²) < 4.78 is 0. The van der Waals surface area contributed by atoms with Crippen LogP contribution in [0.25, 0.3) is 0 Å². The zero-order chi connectivity index (χ0) is 31.4. The van der Waals surface area contributed by atoms with Crippen LogP contribution in [-0.2, 0) is 14.4 Å². The highest BCUT2D eigenvalue weighted by atomic mass is 16.4. The molecule has 0 aromatic rings. The van der Waals surface area contributed by atoms with Crippen LogP contribution in [-0.4, -0.2) is 47.7 Å². The van der Waals surface area contributed by atoms with Gasteiger partial charge in [0.05, 0.1) is 0 Å². The van der Waals surface area contributed by atoms with Gasteiger partial charge in [0.1, 0.15) is 0 Å². The van der Waals surface area contributed by atoms with E-state index in [2.05, 4.69) is 5.32 Å². The number of hydrogen-bond donors (Lipinski definition) is 5. The van der Waals surface area contributed by atoms with E-state index < -0.39 is 11.9 Å². The molecule has 1 heterocycles. The lowest BCUT2D eigenvalue weighted by Gasteiger charge is -2.03. The average molecular weight is 600 g/mol. The number of nitrogens with one attached hydrogen (secondary N) is 1. The molecule has 42 heavy (non-hydrogen) atoms. The van der Waals surface area contributed by atoms with Gasteiger partial charge in [-0.2, -0.15) is 0 Å². The van der Waals surface area contributed by atoms with Gasteiger partial charge in [-0.25, -0.2) is 0 Å². The van der Waals surface area contributed by atoms with Gasteiger partial charge in [-0.05, 0) is 51.6 Å². The molecule has 1 rings (SSSR count). The van der Waals surface area contributed by atoms with E-state index in [0.29, 0.717) is 0 Å². The number of aliphatic carboxylic acids is 2. The van der Waals surface area contributed by atoms with E-state index in [1.807, 2.05) is 0 Å². The Morgan fingerprint density at radius 2 is 0.810 bits per heavy atom. The fraction of sp³-hybridized carbons (Fsp3) is 0.912. The van der Waals surface area contributed by atoms with Gasteiger partial charge in [0.15, 0.2) is 0 Å². The Kier molecular flexibility index (Phi) is 37.8. The van der Waals surface area contributed by atoms with Crippen molar-refractivity contribution in [2.75, 3.05) is 19.6 Å². The maximum atomic E-state index is 11.3. The standard InChI is InChI=1S/C12H23NO.C12H22O4.C10H24N2/c14-12-10-8-6-4-2-1-3-5-7-9-11-13-12;13-11(14)9-7-5-3-1-2-4-6-8-10-12(15)16;11-9-7-5-3-1-2-4-6-8-10-12/h1-11H2,(H,13,14);1-10H2,(H,13,14)(H,15,16);1-12H2. The molecule has 0 unspecified atom stereocenters. The zero-order valence-electron chi connectivity index (χ0n) is 27.2. The third kappa shape index (κ3) is 42.8. The SMILES string of the molecule is NCCCCCCCCCCN.O=C(O)CCCCCCCCCCC(=O)O.O=C1CCCCCCCCCCCN1. The first-order chi connectivity index (χ1) is 20.4. The normalized spacial score (nSPS) is 14.5. The topological polar surface area (TPSA) is 156 Å². The number of amides is 1. The number of carbonyl (C=O) groups excluding carboxylic acids is 1. The van der Waals surface area contributed by atoms with Crippen LogP contribution in [0.15, 0.2) is 0 Å². The van der Waals surface area contributed by atoms with E-state index in [9.17, 15) is 14.4 Å². The number of carboxylic acids is 2. The molecule has 7 N–H and O–H groups in total. The van der Waals surface area contributed by atoms with Crippen molar-refractivity contribution in [1.82, 2.24) is 5.32 Å². The number of unbranched alkanes of at least 4 members (excludes halogenated alkanes) is 14. The second-order valence-electron chi connectivity index (χ2n) is 11.8. The molecule has 8 nitrogen and oxygen atoms in total. The molecule has 0 bridgehead atoms. The molecule has 1 aliphatic rings. The Bertz CT molecular complexity index is 542. The number of nitrogens with two attached hydrogens (primary N) is 2. The quantitative estimate of drug-likeness (QED) is 0.0885. The molecule has 0 aromatic heterocycles. The van der Waals surface area contributed by atoms with Crippen LogP contribution in [0.2, 0.25) is 0 Å². The number of carbonyl (C=O) groups is 3. The summed E-state index contributed by atoms with van der Waals surface area (Å²) in [5.74, 6) is -1.17. The number of rotatable bonds is 20. The van der Waals surface area contributed by atoms with Crippen LogP contribution in [0.4, 0.5) is 0 Å². The fourth-order valence-corrected chi connectivity index (χ4v) is 4.93. The molecular formula is C34H69N3O5. The summed E-state index contributed by atoms with van der Waals surface area (Å²) in [5.41, 5.74) is 10.8. The van der Waals surface area contributed by atoms with Crippen molar-refractivity contribution in [3.8, 4) is 0 Å². The van der Waals surface area contributed by atoms with Crippen molar-refractivity contribution < 1.29 is 24.6 Å². The summed E-state index contributed by atoms with van der Waals surface area (Å²) in [7, 11) is 0. The molecular weight excluding hydrogens is 530 g/mol. The predicted molar refractivity (Wildman–Crippen MR) is 176 cm³/mol. The lowest BCUT2D eigenvalue weighted by molar-refractivity contribution is -0.138. The van der Waals surface area contributed by atoms with Gasteiger partial charge in [-0.1, -0.05) is 122 Å². The minimum absolute atomic E-state index is 0.254. The lowest BCUT2D eigenvalue weighted by Crippen LogP contribution is -2.23. The third-order valence-electron chi connectivity index (χ3n) is 7.59. The van der Waals surface area contributed by atoms with Crippen LogP contribution in [0.1, 0.15) is 180 Å². The molecule has 0 atom stereocenters. The maximum absolute atomic E-state index is 11.3. The molecule has 0 radical (unpaired) electrons. The van der Waals surface area contributed by atoms with Crippen molar-refractivity contribution in [3.05, 3.63) is 0 Å². The Balaban J connectivity index is 0. The van der Waals surface area contributed by atoms with Gasteiger partial charge >= 0.3 is 11.9 Å². The van der Waals surface area contributed by atoms with Crippen LogP contribution in [0, 0.1) is 0 Å². The summed E-state index contributed by atoms with van der Waals surface area (Å²) in [6, 6.07) is 0. The highest BCUT2D eigenvalue weighted by molar-refractivity contribution is 5.75. The van der Waals surface area contributed by atoms with E-state index in [0.717, 1.165) is 90.3 Å². The van der Waals surface area contributed by atoms with Gasteiger partial charge in [0, 0.05) is 25.8 Å². The molecule has 0 aromatic carbocycles. The first-order valence-corrected chi connectivity index (χ1v) is 17.5. The minimum Gasteiger partial charge on any atom is -0.481 e. The van der Waals surface area contributed by atoms with E-state index in [1.54, 1.807) is 0 Å². The molecule has 8 heteroatoms. The molecule has 1 fully saturated rings. The van der Waals surface area contributed by atoms with Crippen molar-refractivity contribution in [3.63, 3.8) is 0 Å². The predicted octanol–water partition coefficient (Wildman–Crippen LogP) is 8.10. The Morgan fingerprint density at radius 1 is 0.500 bits per heavy atom. The van der Waals surface area contributed by atoms with Crippen molar-refractivity contribution in [2.24, 2.45) is 11.5 Å². The molecule has 1 aliphatic heterocycles.